The Kier molecular flexibility index (Phi) is 4.32. The normalized spacial score (nSPS) is 11.2. The van der Waals surface area contributed by atoms with Crippen LogP contribution >= 0.6 is 34.2 Å². The van der Waals surface area contributed by atoms with Gasteiger partial charge in [0.2, 0.25) is 0 Å². The second-order valence-electron chi connectivity index (χ2n) is 2.72. The zero-order chi connectivity index (χ0) is 14.1. The number of aromatic nitrogens is 1. The molecule has 0 atom stereocenters. The van der Waals surface area contributed by atoms with Gasteiger partial charge in [0.1, 0.15) is 0 Å². The van der Waals surface area contributed by atoms with Crippen molar-refractivity contribution < 1.29 is 27.6 Å². The van der Waals surface area contributed by atoms with Gasteiger partial charge in [-0.25, -0.2) is 4.98 Å². The van der Waals surface area contributed by atoms with Gasteiger partial charge in [0.05, 0.1) is 11.1 Å². The molecule has 0 N–H and O–H groups in total. The second kappa shape index (κ2) is 5.22. The van der Waals surface area contributed by atoms with E-state index in [0.717, 1.165) is 0 Å². The summed E-state index contributed by atoms with van der Waals surface area (Å²) in [4.78, 5) is 24.0. The Hall–Kier alpha value is -1.17. The average Bonchev–Trinajstić information content (AvgIpc) is 2.17. The highest BCUT2D eigenvalue weighted by Crippen LogP contribution is 2.35. The molecule has 0 aliphatic heterocycles. The van der Waals surface area contributed by atoms with E-state index in [9.17, 15) is 28.1 Å². The zero-order valence-electron chi connectivity index (χ0n) is 7.99. The van der Waals surface area contributed by atoms with Crippen LogP contribution in [0.3, 0.4) is 0 Å². The Morgan fingerprint density at radius 1 is 1.56 bits per heavy atom. The van der Waals surface area contributed by atoms with E-state index in [4.69, 9.17) is 11.6 Å². The van der Waals surface area contributed by atoms with Crippen LogP contribution in [0.25, 0.3) is 0 Å². The summed E-state index contributed by atoms with van der Waals surface area (Å²) in [6, 6.07) is 0. The van der Waals surface area contributed by atoms with Crippen LogP contribution in [0.1, 0.15) is 10.4 Å². The quantitative estimate of drug-likeness (QED) is 0.258. The van der Waals surface area contributed by atoms with Gasteiger partial charge in [-0.3, -0.25) is 14.9 Å². The molecule has 0 aromatic carbocycles. The number of hydrogen-bond acceptors (Lipinski definition) is 5. The Balaban J connectivity index is 3.49. The molecule has 0 aliphatic carbocycles. The molecule has 1 rings (SSSR count). The molecule has 18 heavy (non-hydrogen) atoms. The topological polar surface area (TPSA) is 82.3 Å². The van der Waals surface area contributed by atoms with Gasteiger partial charge in [0.25, 0.3) is 5.24 Å². The summed E-state index contributed by atoms with van der Waals surface area (Å²) in [5, 5.41) is 9.23. The maximum Gasteiger partial charge on any atom is 0.573 e. The maximum absolute atomic E-state index is 12.0. The third-order valence-corrected chi connectivity index (χ3v) is 2.56. The van der Waals surface area contributed by atoms with Crippen LogP contribution in [-0.2, 0) is 0 Å². The van der Waals surface area contributed by atoms with Crippen LogP contribution in [-0.4, -0.2) is 21.5 Å². The molecular formula is C7HClF3IN2O4. The van der Waals surface area contributed by atoms with Crippen molar-refractivity contribution in [1.29, 1.82) is 0 Å². The van der Waals surface area contributed by atoms with E-state index in [2.05, 4.69) is 9.72 Å². The number of pyridine rings is 1. The summed E-state index contributed by atoms with van der Waals surface area (Å²) in [7, 11) is 0. The lowest BCUT2D eigenvalue weighted by molar-refractivity contribution is -0.386. The van der Waals surface area contributed by atoms with Crippen LogP contribution in [0.5, 0.6) is 5.75 Å². The van der Waals surface area contributed by atoms with Gasteiger partial charge in [-0.05, 0) is 34.2 Å². The van der Waals surface area contributed by atoms with E-state index in [1.165, 1.54) is 22.6 Å². The number of rotatable bonds is 3. The summed E-state index contributed by atoms with van der Waals surface area (Å²) < 4.78 is 39.3. The number of carbonyl (C=O) groups is 1. The van der Waals surface area contributed by atoms with Gasteiger partial charge in [0.15, 0.2) is 15.0 Å². The number of carbonyl (C=O) groups excluding carboxylic acids is 1. The smallest absolute Gasteiger partial charge is 0.403 e. The molecule has 1 aromatic heterocycles. The molecule has 0 aliphatic rings. The summed E-state index contributed by atoms with van der Waals surface area (Å²) in [6.45, 7) is 0. The largest absolute Gasteiger partial charge is 0.573 e. The molecule has 1 aromatic rings. The highest BCUT2D eigenvalue weighted by molar-refractivity contribution is 14.1. The van der Waals surface area contributed by atoms with E-state index >= 15 is 0 Å². The second-order valence-corrected chi connectivity index (χ2v) is 4.08. The molecule has 6 nitrogen and oxygen atoms in total. The number of ether oxygens (including phenoxy) is 1. The van der Waals surface area contributed by atoms with Gasteiger partial charge < -0.3 is 4.74 Å². The van der Waals surface area contributed by atoms with Crippen molar-refractivity contribution in [3.63, 3.8) is 0 Å². The summed E-state index contributed by atoms with van der Waals surface area (Å²) in [5.74, 6) is -1.12. The van der Waals surface area contributed by atoms with Crippen molar-refractivity contribution in [2.24, 2.45) is 0 Å². The first-order chi connectivity index (χ1) is 8.13. The molecule has 0 spiro atoms. The van der Waals surface area contributed by atoms with Crippen molar-refractivity contribution >= 4 is 45.1 Å². The number of hydrogen-bond donors (Lipinski definition) is 0. The number of nitro groups is 1. The number of halogens is 5. The predicted molar refractivity (Wildman–Crippen MR) is 60.5 cm³/mol. The van der Waals surface area contributed by atoms with Gasteiger partial charge in [0, 0.05) is 0 Å². The molecule has 0 bridgehead atoms. The minimum Gasteiger partial charge on any atom is -0.403 e. The number of nitrogens with zero attached hydrogens (tertiary/aromatic N) is 2. The van der Waals surface area contributed by atoms with Crippen LogP contribution in [0, 0.1) is 13.8 Å². The van der Waals surface area contributed by atoms with Crippen LogP contribution in [0.2, 0.25) is 0 Å². The van der Waals surface area contributed by atoms with Crippen molar-refractivity contribution in [3.8, 4) is 5.75 Å². The first-order valence-electron chi connectivity index (χ1n) is 3.92. The van der Waals surface area contributed by atoms with Crippen molar-refractivity contribution in [3.05, 3.63) is 25.6 Å². The van der Waals surface area contributed by atoms with E-state index < -0.39 is 33.5 Å². The zero-order valence-corrected chi connectivity index (χ0v) is 10.9. The van der Waals surface area contributed by atoms with Crippen molar-refractivity contribution in [2.45, 2.75) is 6.36 Å². The van der Waals surface area contributed by atoms with Gasteiger partial charge in [-0.2, -0.15) is 0 Å². The standard InChI is InChI=1S/C7HClF3IN2O4/c8-5(15)3-2(18-7(9,10)11)1-13-6(12)4(3)14(16)17/h1H. The lowest BCUT2D eigenvalue weighted by Gasteiger charge is -2.11. The third-order valence-electron chi connectivity index (χ3n) is 1.58. The molecule has 11 heteroatoms. The molecule has 0 amide bonds. The van der Waals surface area contributed by atoms with Gasteiger partial charge in [-0.15, -0.1) is 13.2 Å². The minimum atomic E-state index is -5.12. The lowest BCUT2D eigenvalue weighted by Crippen LogP contribution is -2.19. The Bertz CT molecular complexity index is 522. The highest BCUT2D eigenvalue weighted by Gasteiger charge is 2.36. The fourth-order valence-corrected chi connectivity index (χ4v) is 1.81. The Morgan fingerprint density at radius 2 is 2.11 bits per heavy atom. The van der Waals surface area contributed by atoms with Crippen molar-refractivity contribution in [2.75, 3.05) is 0 Å². The van der Waals surface area contributed by atoms with E-state index in [1.54, 1.807) is 0 Å². The van der Waals surface area contributed by atoms with Crippen LogP contribution < -0.4 is 4.74 Å². The van der Waals surface area contributed by atoms with Crippen LogP contribution in [0.4, 0.5) is 18.9 Å². The molecule has 98 valence electrons. The maximum atomic E-state index is 12.0. The molecule has 0 saturated heterocycles. The highest BCUT2D eigenvalue weighted by atomic mass is 127. The first-order valence-corrected chi connectivity index (χ1v) is 5.37. The van der Waals surface area contributed by atoms with E-state index in [0.29, 0.717) is 6.20 Å². The van der Waals surface area contributed by atoms with E-state index in [-0.39, 0.29) is 3.70 Å². The molecule has 0 fully saturated rings. The fourth-order valence-electron chi connectivity index (χ4n) is 1.02. The average molecular weight is 396 g/mol. The van der Waals surface area contributed by atoms with Crippen molar-refractivity contribution in [1.82, 2.24) is 4.98 Å². The monoisotopic (exact) mass is 396 g/mol. The summed E-state index contributed by atoms with van der Waals surface area (Å²) in [6.07, 6.45) is -4.58. The Labute approximate surface area is 115 Å². The first kappa shape index (κ1) is 14.9. The molecule has 0 radical (unpaired) electrons. The number of alkyl halides is 3. The van der Waals surface area contributed by atoms with Gasteiger partial charge >= 0.3 is 12.0 Å². The minimum absolute atomic E-state index is 0.281. The summed E-state index contributed by atoms with van der Waals surface area (Å²) >= 11 is 6.42. The molecular weight excluding hydrogens is 395 g/mol. The fraction of sp³-hybridized carbons (Fsp3) is 0.143. The SMILES string of the molecule is O=C(Cl)c1c(OC(F)(F)F)cnc(I)c1[N+](=O)[O-]. The molecule has 0 saturated carbocycles. The van der Waals surface area contributed by atoms with Gasteiger partial charge in [-0.1, -0.05) is 0 Å². The van der Waals surface area contributed by atoms with E-state index in [1.807, 2.05) is 0 Å². The lowest BCUT2D eigenvalue weighted by atomic mass is 10.2. The predicted octanol–water partition coefficient (Wildman–Crippen LogP) is 2.87. The molecule has 0 unspecified atom stereocenters. The Morgan fingerprint density at radius 3 is 2.50 bits per heavy atom. The molecule has 1 heterocycles. The summed E-state index contributed by atoms with van der Waals surface area (Å²) in [5.41, 5.74) is -1.92. The van der Waals surface area contributed by atoms with Crippen LogP contribution in [0.15, 0.2) is 6.20 Å². The third kappa shape index (κ3) is 3.41.